The Morgan fingerprint density at radius 3 is 2.48 bits per heavy atom. The number of methoxy groups -OCH3 is 1. The Labute approximate surface area is 460 Å². The zero-order valence-electron chi connectivity index (χ0n) is 45.2. The number of amides is 1. The van der Waals surface area contributed by atoms with Gasteiger partial charge in [-0.1, -0.05) is 29.3 Å². The van der Waals surface area contributed by atoms with E-state index in [1.807, 2.05) is 97.3 Å². The highest BCUT2D eigenvalue weighted by Gasteiger charge is 2.31. The molecule has 5 heterocycles. The predicted octanol–water partition coefficient (Wildman–Crippen LogP) is 8.42. The minimum atomic E-state index is -4.48. The molecule has 0 aliphatic carbocycles. The van der Waals surface area contributed by atoms with Gasteiger partial charge in [0.05, 0.1) is 94.0 Å². The lowest BCUT2D eigenvalue weighted by Crippen LogP contribution is -2.46. The number of halogens is 4. The number of aromatic nitrogens is 5. The van der Waals surface area contributed by atoms with Crippen LogP contribution in [0.4, 0.5) is 34.9 Å². The van der Waals surface area contributed by atoms with E-state index in [-0.39, 0.29) is 31.3 Å². The number of pyridine rings is 1. The predicted molar refractivity (Wildman–Crippen MR) is 298 cm³/mol. The summed E-state index contributed by atoms with van der Waals surface area (Å²) >= 11 is 1.52. The first-order valence-electron chi connectivity index (χ1n) is 25.9. The van der Waals surface area contributed by atoms with E-state index in [1.165, 1.54) is 11.9 Å². The van der Waals surface area contributed by atoms with Crippen LogP contribution in [0.5, 0.6) is 11.5 Å². The maximum absolute atomic E-state index is 14.9. The molecule has 1 saturated heterocycles. The molecule has 422 valence electrons. The maximum atomic E-state index is 14.9. The van der Waals surface area contributed by atoms with Gasteiger partial charge in [-0.2, -0.15) is 18.2 Å². The van der Waals surface area contributed by atoms with Crippen LogP contribution in [0.2, 0.25) is 0 Å². The standard InChI is InChI=1S/C56H67F4N11O7S/c1-37-53(38(2)78-67-37)40-29-50-54(64-32-40)66-55(61-3)70(50)33-39-10-7-12-42(28-39)77-35-52(72)63-19-22-74-24-26-76-27-25-75-23-21-69(5)79-43-15-16-48(51(31-43)73-6)62-18-9-11-41-30-44-46(65-47-17-20-68(4)34-45(47)57)13-8-14-49(44)71(41)36-56(58,59)60/h7-8,10,12-16,28-32,45,47,62,65H,17-27,33-36H2,1-6H3,(H,63,72)(H,61,64,66). The summed E-state index contributed by atoms with van der Waals surface area (Å²) < 4.78 is 95.4. The van der Waals surface area contributed by atoms with E-state index in [0.29, 0.717) is 111 Å². The number of hydrogen-bond acceptors (Lipinski definition) is 16. The number of anilines is 3. The van der Waals surface area contributed by atoms with Crippen molar-refractivity contribution in [1.29, 1.82) is 0 Å². The number of rotatable bonds is 27. The zero-order chi connectivity index (χ0) is 55.9. The Morgan fingerprint density at radius 1 is 0.949 bits per heavy atom. The molecule has 4 aromatic heterocycles. The van der Waals surface area contributed by atoms with Crippen LogP contribution >= 0.6 is 11.9 Å². The second kappa shape index (κ2) is 27.7. The van der Waals surface area contributed by atoms with Gasteiger partial charge in [0.25, 0.3) is 5.91 Å². The highest BCUT2D eigenvalue weighted by atomic mass is 32.2. The van der Waals surface area contributed by atoms with Crippen molar-refractivity contribution in [3.8, 4) is 34.5 Å². The van der Waals surface area contributed by atoms with Crippen LogP contribution in [-0.2, 0) is 32.1 Å². The number of imidazole rings is 1. The highest BCUT2D eigenvalue weighted by Crippen LogP contribution is 2.34. The van der Waals surface area contributed by atoms with Gasteiger partial charge in [0.15, 0.2) is 12.3 Å². The number of alkyl halides is 4. The summed E-state index contributed by atoms with van der Waals surface area (Å²) in [5.41, 5.74) is 6.81. The van der Waals surface area contributed by atoms with E-state index < -0.39 is 24.9 Å². The van der Waals surface area contributed by atoms with Crippen molar-refractivity contribution in [2.45, 2.75) is 56.6 Å². The summed E-state index contributed by atoms with van der Waals surface area (Å²) in [5, 5.41) is 17.1. The number of carbonyl (C=O) groups excluding carboxylic acids is 1. The summed E-state index contributed by atoms with van der Waals surface area (Å²) in [7, 11) is 7.20. The van der Waals surface area contributed by atoms with Crippen LogP contribution < -0.4 is 30.7 Å². The van der Waals surface area contributed by atoms with Crippen LogP contribution in [0.15, 0.2) is 88.4 Å². The van der Waals surface area contributed by atoms with Crippen molar-refractivity contribution in [2.24, 2.45) is 0 Å². The Bertz CT molecular complexity index is 3190. The van der Waals surface area contributed by atoms with Crippen molar-refractivity contribution in [2.75, 3.05) is 123 Å². The molecule has 3 aromatic carbocycles. The first-order chi connectivity index (χ1) is 38.2. The van der Waals surface area contributed by atoms with Gasteiger partial charge in [0.2, 0.25) is 5.95 Å². The van der Waals surface area contributed by atoms with Gasteiger partial charge in [0.1, 0.15) is 30.0 Å². The number of fused-ring (bicyclic) bond motifs is 2. The van der Waals surface area contributed by atoms with Gasteiger partial charge in [-0.25, -0.2) is 13.7 Å². The molecule has 2 unspecified atom stereocenters. The number of likely N-dealkylation sites (N-methyl/N-ethyl adjacent to an activating group) is 1. The minimum absolute atomic E-state index is 0.142. The molecule has 18 nitrogen and oxygen atoms in total. The second-order valence-electron chi connectivity index (χ2n) is 18.9. The van der Waals surface area contributed by atoms with Crippen molar-refractivity contribution in [3.05, 3.63) is 102 Å². The van der Waals surface area contributed by atoms with E-state index in [9.17, 15) is 22.4 Å². The Kier molecular flexibility index (Phi) is 20.4. The molecular formula is C56H67F4N11O7S. The molecule has 0 spiro atoms. The average molecular weight is 1110 g/mol. The first-order valence-corrected chi connectivity index (χ1v) is 26.7. The van der Waals surface area contributed by atoms with Crippen molar-refractivity contribution in [1.82, 2.24) is 38.8 Å². The smallest absolute Gasteiger partial charge is 0.406 e. The summed E-state index contributed by atoms with van der Waals surface area (Å²) in [6.07, 6.45) is -3.23. The number of benzene rings is 3. The molecule has 7 aromatic rings. The Hall–Kier alpha value is -7.07. The third-order valence-electron chi connectivity index (χ3n) is 13.0. The monoisotopic (exact) mass is 1110 g/mol. The van der Waals surface area contributed by atoms with E-state index in [4.69, 9.17) is 28.2 Å². The number of nitrogens with one attached hydrogen (secondary N) is 4. The van der Waals surface area contributed by atoms with Crippen LogP contribution in [0, 0.1) is 25.7 Å². The normalized spacial score (nSPS) is 14.9. The third kappa shape index (κ3) is 16.0. The Balaban J connectivity index is 0.682. The van der Waals surface area contributed by atoms with Gasteiger partial charge in [-0.3, -0.25) is 4.79 Å². The fourth-order valence-corrected chi connectivity index (χ4v) is 9.97. The number of ether oxygens (including phenoxy) is 5. The second-order valence-corrected chi connectivity index (χ2v) is 20.2. The molecule has 1 aliphatic heterocycles. The van der Waals surface area contributed by atoms with E-state index in [1.54, 1.807) is 37.6 Å². The van der Waals surface area contributed by atoms with Gasteiger partial charge < -0.3 is 63.5 Å². The topological polar surface area (TPSA) is 179 Å². The number of nitrogens with zero attached hydrogens (tertiary/aromatic N) is 7. The SMILES string of the molecule is CNc1nc2ncc(-c3c(C)noc3C)cc2n1Cc1cccc(OCC(=O)NCCOCCOCCOCCN(C)Sc2ccc(NCC#Cc3cc4c(NC5CCN(C)CC5F)cccc4n3CC(F)(F)F)c(OC)c2)c1. The summed E-state index contributed by atoms with van der Waals surface area (Å²) in [5.74, 6) is 8.16. The quantitative estimate of drug-likeness (QED) is 0.0167. The molecule has 23 heteroatoms. The van der Waals surface area contributed by atoms with Gasteiger partial charge in [-0.05, 0) is 112 Å². The highest BCUT2D eigenvalue weighted by molar-refractivity contribution is 7.97. The fraction of sp³-hybridized carbons (Fsp3) is 0.429. The molecule has 0 saturated carbocycles. The van der Waals surface area contributed by atoms with Crippen molar-refractivity contribution >= 4 is 57.2 Å². The number of likely N-dealkylation sites (tertiary alicyclic amines) is 1. The first kappa shape index (κ1) is 58.1. The lowest BCUT2D eigenvalue weighted by Gasteiger charge is -2.33. The molecule has 8 rings (SSSR count). The minimum Gasteiger partial charge on any atom is -0.495 e. The molecule has 1 aliphatic rings. The van der Waals surface area contributed by atoms with E-state index in [2.05, 4.69) is 48.2 Å². The van der Waals surface area contributed by atoms with Gasteiger partial charge in [-0.15, -0.1) is 0 Å². The lowest BCUT2D eigenvalue weighted by molar-refractivity contribution is -0.140. The van der Waals surface area contributed by atoms with Gasteiger partial charge >= 0.3 is 6.18 Å². The number of carbonyl (C=O) groups is 1. The maximum Gasteiger partial charge on any atom is 0.406 e. The molecule has 1 fully saturated rings. The average Bonchev–Trinajstić information content (AvgIpc) is 4.33. The largest absolute Gasteiger partial charge is 0.495 e. The summed E-state index contributed by atoms with van der Waals surface area (Å²) in [4.78, 5) is 24.7. The molecule has 0 bridgehead atoms. The number of hydrogen-bond donors (Lipinski definition) is 4. The summed E-state index contributed by atoms with van der Waals surface area (Å²) in [6.45, 7) is 7.37. The zero-order valence-corrected chi connectivity index (χ0v) is 46.0. The third-order valence-corrected chi connectivity index (χ3v) is 14.0. The fourth-order valence-electron chi connectivity index (χ4n) is 9.16. The molecule has 0 radical (unpaired) electrons. The summed E-state index contributed by atoms with van der Waals surface area (Å²) in [6, 6.07) is 21.6. The van der Waals surface area contributed by atoms with Crippen LogP contribution in [0.1, 0.15) is 29.1 Å². The van der Waals surface area contributed by atoms with Crippen LogP contribution in [-0.4, -0.2) is 165 Å². The number of piperidine rings is 1. The molecular weight excluding hydrogens is 1050 g/mol. The molecule has 4 N–H and O–H groups in total. The molecule has 1 amide bonds. The van der Waals surface area contributed by atoms with Crippen molar-refractivity contribution in [3.63, 3.8) is 0 Å². The Morgan fingerprint density at radius 2 is 1.73 bits per heavy atom. The van der Waals surface area contributed by atoms with E-state index >= 15 is 0 Å². The molecule has 79 heavy (non-hydrogen) atoms. The van der Waals surface area contributed by atoms with Crippen LogP contribution in [0.3, 0.4) is 0 Å². The van der Waals surface area contributed by atoms with Gasteiger partial charge in [0, 0.05) is 66.5 Å². The lowest BCUT2D eigenvalue weighted by atomic mass is 10.0. The number of aryl methyl sites for hydroxylation is 2. The van der Waals surface area contributed by atoms with E-state index in [0.717, 1.165) is 49.7 Å². The molecule has 2 atom stereocenters. The van der Waals surface area contributed by atoms with Crippen molar-refractivity contribution < 1.29 is 50.6 Å². The van der Waals surface area contributed by atoms with Crippen LogP contribution in [0.25, 0.3) is 33.2 Å².